The highest BCUT2D eigenvalue weighted by Crippen LogP contribution is 2.25. The van der Waals surface area contributed by atoms with Gasteiger partial charge in [0.05, 0.1) is 5.92 Å². The minimum atomic E-state index is -0.973. The van der Waals surface area contributed by atoms with Crippen molar-refractivity contribution in [2.45, 2.75) is 20.3 Å². The number of anilines is 1. The number of carboxylic acids is 1. The Morgan fingerprint density at radius 3 is 2.59 bits per heavy atom. The van der Waals surface area contributed by atoms with E-state index in [9.17, 15) is 14.4 Å². The lowest BCUT2D eigenvalue weighted by Crippen LogP contribution is -2.39. The van der Waals surface area contributed by atoms with Gasteiger partial charge in [0.25, 0.3) is 0 Å². The van der Waals surface area contributed by atoms with Gasteiger partial charge in [-0.2, -0.15) is 0 Å². The molecule has 1 fully saturated rings. The molecule has 2 rings (SSSR count). The fourth-order valence-corrected chi connectivity index (χ4v) is 2.37. The smallest absolute Gasteiger partial charge is 0.308 e. The monoisotopic (exact) mass is 304 g/mol. The zero-order valence-corrected chi connectivity index (χ0v) is 12.7. The maximum atomic E-state index is 12.4. The van der Waals surface area contributed by atoms with Crippen molar-refractivity contribution in [3.8, 4) is 0 Å². The fourth-order valence-electron chi connectivity index (χ4n) is 2.37. The molecule has 1 aromatic carbocycles. The number of aryl methyl sites for hydroxylation is 1. The van der Waals surface area contributed by atoms with Gasteiger partial charge in [-0.15, -0.1) is 0 Å². The number of nitrogens with zero attached hydrogens (tertiary/aromatic N) is 1. The summed E-state index contributed by atoms with van der Waals surface area (Å²) < 4.78 is 0. The quantitative estimate of drug-likeness (QED) is 0.800. The van der Waals surface area contributed by atoms with Gasteiger partial charge >= 0.3 is 5.97 Å². The van der Waals surface area contributed by atoms with Crippen LogP contribution in [0.5, 0.6) is 0 Å². The molecule has 1 aliphatic heterocycles. The van der Waals surface area contributed by atoms with Crippen molar-refractivity contribution in [3.05, 3.63) is 29.8 Å². The zero-order valence-electron chi connectivity index (χ0n) is 12.7. The largest absolute Gasteiger partial charge is 0.481 e. The van der Waals surface area contributed by atoms with Gasteiger partial charge in [0.1, 0.15) is 5.92 Å². The van der Waals surface area contributed by atoms with E-state index in [0.717, 1.165) is 11.3 Å². The third kappa shape index (κ3) is 3.44. The van der Waals surface area contributed by atoms with Crippen LogP contribution in [0.4, 0.5) is 5.69 Å². The van der Waals surface area contributed by atoms with E-state index in [4.69, 9.17) is 5.11 Å². The number of nitrogens with one attached hydrogen (secondary N) is 1. The average molecular weight is 304 g/mol. The standard InChI is InChI=1S/C16H20N2O4/c1-10-3-5-12(6-4-10)18-8-7-13(15(18)20)14(19)17-9-11(2)16(21)22/h3-6,11,13H,7-9H2,1-2H3,(H,17,19)(H,21,22). The van der Waals surface area contributed by atoms with Crippen LogP contribution in [0.1, 0.15) is 18.9 Å². The molecule has 1 aromatic rings. The van der Waals surface area contributed by atoms with Crippen molar-refractivity contribution in [2.75, 3.05) is 18.0 Å². The van der Waals surface area contributed by atoms with Crippen LogP contribution in [0.3, 0.4) is 0 Å². The van der Waals surface area contributed by atoms with Crippen LogP contribution in [0.25, 0.3) is 0 Å². The van der Waals surface area contributed by atoms with Crippen molar-refractivity contribution in [1.29, 1.82) is 0 Å². The molecular formula is C16H20N2O4. The molecule has 0 aromatic heterocycles. The van der Waals surface area contributed by atoms with E-state index >= 15 is 0 Å². The van der Waals surface area contributed by atoms with E-state index in [1.807, 2.05) is 31.2 Å². The second-order valence-electron chi connectivity index (χ2n) is 5.65. The van der Waals surface area contributed by atoms with Crippen molar-refractivity contribution in [2.24, 2.45) is 11.8 Å². The van der Waals surface area contributed by atoms with Gasteiger partial charge in [-0.3, -0.25) is 14.4 Å². The number of carboxylic acid groups (broad SMARTS) is 1. The molecule has 0 spiro atoms. The molecule has 2 unspecified atom stereocenters. The molecule has 1 heterocycles. The molecule has 2 N–H and O–H groups in total. The Morgan fingerprint density at radius 2 is 2.00 bits per heavy atom. The number of hydrogen-bond acceptors (Lipinski definition) is 3. The first-order chi connectivity index (χ1) is 10.4. The van der Waals surface area contributed by atoms with E-state index in [1.165, 1.54) is 6.92 Å². The highest BCUT2D eigenvalue weighted by Gasteiger charge is 2.37. The summed E-state index contributed by atoms with van der Waals surface area (Å²) in [5.41, 5.74) is 1.89. The Bertz CT molecular complexity index is 582. The minimum absolute atomic E-state index is 0.0302. The van der Waals surface area contributed by atoms with Crippen LogP contribution in [0.15, 0.2) is 24.3 Å². The predicted octanol–water partition coefficient (Wildman–Crippen LogP) is 1.18. The molecule has 2 amide bonds. The molecule has 0 radical (unpaired) electrons. The summed E-state index contributed by atoms with van der Waals surface area (Å²) in [6.07, 6.45) is 0.444. The van der Waals surface area contributed by atoms with E-state index in [2.05, 4.69) is 5.32 Å². The van der Waals surface area contributed by atoms with Gasteiger partial charge in [-0.1, -0.05) is 24.6 Å². The summed E-state index contributed by atoms with van der Waals surface area (Å²) in [6, 6.07) is 7.56. The molecular weight excluding hydrogens is 284 g/mol. The van der Waals surface area contributed by atoms with Gasteiger partial charge in [0, 0.05) is 18.8 Å². The number of carbonyl (C=O) groups is 3. The Balaban J connectivity index is 1.97. The van der Waals surface area contributed by atoms with Gasteiger partial charge in [0.15, 0.2) is 0 Å². The van der Waals surface area contributed by atoms with Crippen molar-refractivity contribution < 1.29 is 19.5 Å². The number of aliphatic carboxylic acids is 1. The van der Waals surface area contributed by atoms with Gasteiger partial charge < -0.3 is 15.3 Å². The van der Waals surface area contributed by atoms with E-state index in [-0.39, 0.29) is 12.5 Å². The first-order valence-corrected chi connectivity index (χ1v) is 7.28. The Morgan fingerprint density at radius 1 is 1.36 bits per heavy atom. The molecule has 2 atom stereocenters. The number of rotatable bonds is 5. The average Bonchev–Trinajstić information content (AvgIpc) is 2.87. The first-order valence-electron chi connectivity index (χ1n) is 7.28. The van der Waals surface area contributed by atoms with Crippen LogP contribution in [-0.4, -0.2) is 36.0 Å². The van der Waals surface area contributed by atoms with E-state index in [1.54, 1.807) is 4.90 Å². The van der Waals surface area contributed by atoms with Gasteiger partial charge in [-0.25, -0.2) is 0 Å². The summed E-state index contributed by atoms with van der Waals surface area (Å²) in [5, 5.41) is 11.3. The lowest BCUT2D eigenvalue weighted by atomic mass is 10.1. The van der Waals surface area contributed by atoms with Crippen LogP contribution in [0.2, 0.25) is 0 Å². The maximum Gasteiger partial charge on any atom is 0.308 e. The van der Waals surface area contributed by atoms with E-state index < -0.39 is 23.7 Å². The summed E-state index contributed by atoms with van der Waals surface area (Å²) in [5.74, 6) is -3.01. The summed E-state index contributed by atoms with van der Waals surface area (Å²) >= 11 is 0. The highest BCUT2D eigenvalue weighted by molar-refractivity contribution is 6.09. The minimum Gasteiger partial charge on any atom is -0.481 e. The van der Waals surface area contributed by atoms with Gasteiger partial charge in [-0.05, 0) is 25.5 Å². The van der Waals surface area contributed by atoms with Crippen LogP contribution in [-0.2, 0) is 14.4 Å². The maximum absolute atomic E-state index is 12.4. The lowest BCUT2D eigenvalue weighted by Gasteiger charge is -2.17. The molecule has 1 saturated heterocycles. The molecule has 22 heavy (non-hydrogen) atoms. The Hall–Kier alpha value is -2.37. The molecule has 118 valence electrons. The first kappa shape index (κ1) is 16.0. The topological polar surface area (TPSA) is 86.7 Å². The number of amides is 2. The summed E-state index contributed by atoms with van der Waals surface area (Å²) in [7, 11) is 0. The molecule has 0 bridgehead atoms. The SMILES string of the molecule is Cc1ccc(N2CCC(C(=O)NCC(C)C(=O)O)C2=O)cc1. The Labute approximate surface area is 129 Å². The van der Waals surface area contributed by atoms with Crippen LogP contribution in [0, 0.1) is 18.8 Å². The van der Waals surface area contributed by atoms with Crippen LogP contribution < -0.4 is 10.2 Å². The third-order valence-electron chi connectivity index (χ3n) is 3.87. The second kappa shape index (κ2) is 6.60. The Kier molecular flexibility index (Phi) is 4.80. The van der Waals surface area contributed by atoms with Gasteiger partial charge in [0.2, 0.25) is 11.8 Å². The normalized spacial score (nSPS) is 19.1. The van der Waals surface area contributed by atoms with Crippen molar-refractivity contribution in [3.63, 3.8) is 0 Å². The number of carbonyl (C=O) groups excluding carboxylic acids is 2. The van der Waals surface area contributed by atoms with Crippen LogP contribution >= 0.6 is 0 Å². The molecule has 0 aliphatic carbocycles. The molecule has 0 saturated carbocycles. The predicted molar refractivity (Wildman–Crippen MR) is 81.4 cm³/mol. The summed E-state index contributed by atoms with van der Waals surface area (Å²) in [6.45, 7) is 4.00. The zero-order chi connectivity index (χ0) is 16.3. The van der Waals surface area contributed by atoms with E-state index in [0.29, 0.717) is 13.0 Å². The number of benzene rings is 1. The molecule has 6 nitrogen and oxygen atoms in total. The third-order valence-corrected chi connectivity index (χ3v) is 3.87. The second-order valence-corrected chi connectivity index (χ2v) is 5.65. The molecule has 6 heteroatoms. The van der Waals surface area contributed by atoms with Crippen molar-refractivity contribution >= 4 is 23.5 Å². The summed E-state index contributed by atoms with van der Waals surface area (Å²) in [4.78, 5) is 36.8. The highest BCUT2D eigenvalue weighted by atomic mass is 16.4. The fraction of sp³-hybridized carbons (Fsp3) is 0.438. The molecule has 1 aliphatic rings. The number of hydrogen-bond donors (Lipinski definition) is 2. The van der Waals surface area contributed by atoms with Crippen molar-refractivity contribution in [1.82, 2.24) is 5.32 Å². The lowest BCUT2D eigenvalue weighted by molar-refractivity contribution is -0.141.